The molecule has 1 fully saturated rings. The van der Waals surface area contributed by atoms with Crippen molar-refractivity contribution >= 4 is 29.5 Å². The fourth-order valence-corrected chi connectivity index (χ4v) is 3.74. The van der Waals surface area contributed by atoms with Gasteiger partial charge in [-0.2, -0.15) is 0 Å². The number of carboxylic acid groups (broad SMARTS) is 1. The maximum Gasteiger partial charge on any atom is 0.352 e. The molecule has 10 heteroatoms. The van der Waals surface area contributed by atoms with Gasteiger partial charge in [-0.25, -0.2) is 4.79 Å². The van der Waals surface area contributed by atoms with Crippen LogP contribution in [0.1, 0.15) is 13.3 Å². The lowest BCUT2D eigenvalue weighted by molar-refractivity contribution is -0.150. The van der Waals surface area contributed by atoms with Gasteiger partial charge in [-0.3, -0.25) is 14.5 Å². The molecule has 0 spiro atoms. The predicted octanol–water partition coefficient (Wildman–Crippen LogP) is 0.857. The number of carboxylic acids is 1. The summed E-state index contributed by atoms with van der Waals surface area (Å²) in [5, 5.41) is 23.0. The molecule has 1 saturated heterocycles. The summed E-state index contributed by atoms with van der Waals surface area (Å²) in [5.74, 6) is -3.01. The lowest BCUT2D eigenvalue weighted by Gasteiger charge is -2.49. The SMILES string of the molecule is C=CC1=C(C(=O)O)N2C(=O)[C@@H](NC(=O)C(N=O)=C(O)CC)[C@H]2SC1. The topological polar surface area (TPSA) is 136 Å². The van der Waals surface area contributed by atoms with E-state index in [9.17, 15) is 29.5 Å². The van der Waals surface area contributed by atoms with Gasteiger partial charge in [0.25, 0.3) is 11.8 Å². The van der Waals surface area contributed by atoms with Crippen LogP contribution in [0.4, 0.5) is 0 Å². The first-order valence-electron chi connectivity index (χ1n) is 6.97. The first kappa shape index (κ1) is 17.7. The smallest absolute Gasteiger partial charge is 0.352 e. The molecule has 0 saturated carbocycles. The molecule has 24 heavy (non-hydrogen) atoms. The largest absolute Gasteiger partial charge is 0.510 e. The summed E-state index contributed by atoms with van der Waals surface area (Å²) < 4.78 is 0. The quantitative estimate of drug-likeness (QED) is 0.279. The van der Waals surface area contributed by atoms with Crippen LogP contribution in [0.15, 0.2) is 40.6 Å². The first-order chi connectivity index (χ1) is 11.4. The highest BCUT2D eigenvalue weighted by Crippen LogP contribution is 2.40. The van der Waals surface area contributed by atoms with Crippen LogP contribution in [0.5, 0.6) is 0 Å². The number of hydrogen-bond acceptors (Lipinski definition) is 7. The van der Waals surface area contributed by atoms with Gasteiger partial charge >= 0.3 is 5.97 Å². The zero-order valence-corrected chi connectivity index (χ0v) is 13.5. The van der Waals surface area contributed by atoms with Gasteiger partial charge in [-0.05, 0) is 10.7 Å². The molecule has 2 aliphatic rings. The maximum atomic E-state index is 12.2. The number of aliphatic hydroxyl groups excluding tert-OH is 1. The molecule has 2 amide bonds. The van der Waals surface area contributed by atoms with Crippen LogP contribution in [-0.2, 0) is 14.4 Å². The Balaban J connectivity index is 2.21. The van der Waals surface area contributed by atoms with Gasteiger partial charge in [-0.15, -0.1) is 16.7 Å². The molecule has 0 aromatic carbocycles. The van der Waals surface area contributed by atoms with Crippen LogP contribution in [0.3, 0.4) is 0 Å². The lowest BCUT2D eigenvalue weighted by atomic mass is 10.0. The molecule has 0 radical (unpaired) electrons. The van der Waals surface area contributed by atoms with Crippen molar-refractivity contribution in [2.75, 3.05) is 5.75 Å². The Kier molecular flexibility index (Phi) is 5.07. The van der Waals surface area contributed by atoms with E-state index in [-0.39, 0.29) is 12.1 Å². The number of carbonyl (C=O) groups excluding carboxylic acids is 2. The van der Waals surface area contributed by atoms with Gasteiger partial charge in [-0.1, -0.05) is 19.6 Å². The Morgan fingerprint density at radius 2 is 2.17 bits per heavy atom. The third-order valence-corrected chi connectivity index (χ3v) is 4.95. The van der Waals surface area contributed by atoms with E-state index in [0.29, 0.717) is 11.3 Å². The van der Waals surface area contributed by atoms with Crippen LogP contribution < -0.4 is 5.32 Å². The third kappa shape index (κ3) is 2.80. The van der Waals surface area contributed by atoms with E-state index >= 15 is 0 Å². The van der Waals surface area contributed by atoms with Gasteiger partial charge in [0.2, 0.25) is 5.70 Å². The summed E-state index contributed by atoms with van der Waals surface area (Å²) >= 11 is 1.26. The minimum atomic E-state index is -1.26. The maximum absolute atomic E-state index is 12.2. The van der Waals surface area contributed by atoms with Gasteiger partial charge in [0, 0.05) is 12.2 Å². The molecule has 2 rings (SSSR count). The zero-order chi connectivity index (χ0) is 18.0. The summed E-state index contributed by atoms with van der Waals surface area (Å²) in [4.78, 5) is 47.4. The third-order valence-electron chi connectivity index (χ3n) is 3.65. The standard InChI is InChI=1S/C14H15N3O6S/c1-3-6-5-24-13-9(12(20)17(13)10(6)14(21)22)15-11(19)8(16-23)7(18)4-2/h3,9,13,18H,1,4-5H2,2H3,(H,15,19)(H,21,22)/t9-,13-/m1/s1. The van der Waals surface area contributed by atoms with Gasteiger partial charge in [0.1, 0.15) is 22.9 Å². The van der Waals surface area contributed by atoms with Crippen LogP contribution in [0.2, 0.25) is 0 Å². The summed E-state index contributed by atoms with van der Waals surface area (Å²) in [6, 6.07) is -0.996. The number of amides is 2. The molecule has 0 aromatic rings. The molecule has 0 aromatic heterocycles. The van der Waals surface area contributed by atoms with Gasteiger partial charge in [0.15, 0.2) is 0 Å². The second kappa shape index (κ2) is 6.87. The highest BCUT2D eigenvalue weighted by Gasteiger charge is 2.54. The van der Waals surface area contributed by atoms with Gasteiger partial charge in [0.05, 0.1) is 0 Å². The minimum absolute atomic E-state index is 0.0337. The van der Waals surface area contributed by atoms with Crippen molar-refractivity contribution in [1.29, 1.82) is 0 Å². The molecule has 2 heterocycles. The number of rotatable bonds is 6. The second-order valence-corrected chi connectivity index (χ2v) is 6.09. The van der Waals surface area contributed by atoms with Crippen molar-refractivity contribution in [2.45, 2.75) is 24.8 Å². The number of nitrogens with one attached hydrogen (secondary N) is 1. The number of carbonyl (C=O) groups is 3. The summed E-state index contributed by atoms with van der Waals surface area (Å²) in [6.07, 6.45) is 1.41. The molecule has 3 N–H and O–H groups in total. The highest BCUT2D eigenvalue weighted by atomic mass is 32.2. The average molecular weight is 353 g/mol. The molecule has 128 valence electrons. The monoisotopic (exact) mass is 353 g/mol. The first-order valence-corrected chi connectivity index (χ1v) is 8.02. The number of fused-ring (bicyclic) bond motifs is 1. The average Bonchev–Trinajstić information content (AvgIpc) is 2.58. The number of thioether (sulfide) groups is 1. The minimum Gasteiger partial charge on any atom is -0.510 e. The Morgan fingerprint density at radius 3 is 2.67 bits per heavy atom. The van der Waals surface area contributed by atoms with E-state index < -0.39 is 40.7 Å². The Labute approximate surface area is 141 Å². The van der Waals surface area contributed by atoms with Crippen LogP contribution in [-0.4, -0.2) is 50.1 Å². The number of nitrogens with zero attached hydrogens (tertiary/aromatic N) is 2. The van der Waals surface area contributed by atoms with Crippen LogP contribution >= 0.6 is 11.8 Å². The van der Waals surface area contributed by atoms with E-state index in [2.05, 4.69) is 17.1 Å². The van der Waals surface area contributed by atoms with Gasteiger partial charge < -0.3 is 15.5 Å². The van der Waals surface area contributed by atoms with Crippen LogP contribution in [0.25, 0.3) is 0 Å². The second-order valence-electron chi connectivity index (χ2n) is 4.98. The molecular weight excluding hydrogens is 338 g/mol. The number of aliphatic carboxylic acids is 1. The predicted molar refractivity (Wildman–Crippen MR) is 85.6 cm³/mol. The van der Waals surface area contributed by atoms with Crippen LogP contribution in [0, 0.1) is 4.91 Å². The fourth-order valence-electron chi connectivity index (χ4n) is 2.40. The Hall–Kier alpha value is -2.62. The highest BCUT2D eigenvalue weighted by molar-refractivity contribution is 8.00. The van der Waals surface area contributed by atoms with E-state index in [1.165, 1.54) is 24.8 Å². The molecule has 0 bridgehead atoms. The van der Waals surface area contributed by atoms with Crippen molar-refractivity contribution in [3.8, 4) is 0 Å². The van der Waals surface area contributed by atoms with E-state index in [4.69, 9.17) is 0 Å². The Morgan fingerprint density at radius 1 is 1.50 bits per heavy atom. The van der Waals surface area contributed by atoms with E-state index in [0.717, 1.165) is 4.90 Å². The summed E-state index contributed by atoms with van der Waals surface area (Å²) in [7, 11) is 0. The number of β-lactam (4-membered cyclic amide) rings is 1. The van der Waals surface area contributed by atoms with Crippen molar-refractivity contribution in [3.05, 3.63) is 40.3 Å². The lowest BCUT2D eigenvalue weighted by Crippen LogP contribution is -2.70. The van der Waals surface area contributed by atoms with Crippen molar-refractivity contribution < 1.29 is 24.6 Å². The molecule has 0 aliphatic carbocycles. The van der Waals surface area contributed by atoms with E-state index in [1.807, 2.05) is 0 Å². The van der Waals surface area contributed by atoms with Crippen molar-refractivity contribution in [3.63, 3.8) is 0 Å². The molecule has 2 atom stereocenters. The molecule has 2 aliphatic heterocycles. The number of nitroso groups, excluding NO2 is 1. The molecular formula is C14H15N3O6S. The number of aliphatic hydroxyl groups is 1. The zero-order valence-electron chi connectivity index (χ0n) is 12.7. The Bertz CT molecular complexity index is 699. The molecule has 9 nitrogen and oxygen atoms in total. The number of hydrogen-bond donors (Lipinski definition) is 3. The summed E-state index contributed by atoms with van der Waals surface area (Å²) in [6.45, 7) is 5.06. The molecule has 0 unspecified atom stereocenters. The number of allylic oxidation sites excluding steroid dienone is 2. The van der Waals surface area contributed by atoms with E-state index in [1.54, 1.807) is 0 Å². The van der Waals surface area contributed by atoms with Crippen molar-refractivity contribution in [2.24, 2.45) is 5.18 Å². The fraction of sp³-hybridized carbons (Fsp3) is 0.357. The normalized spacial score (nSPS) is 23.7. The summed E-state index contributed by atoms with van der Waals surface area (Å²) in [5.41, 5.74) is -0.434. The van der Waals surface area contributed by atoms with Crippen molar-refractivity contribution in [1.82, 2.24) is 10.2 Å².